The number of hydrazone groups is 1. The molecule has 7 nitrogen and oxygen atoms in total. The topological polar surface area (TPSA) is 103 Å². The number of hydrogen-bond acceptors (Lipinski definition) is 6. The Kier molecular flexibility index (Phi) is 6.96. The van der Waals surface area contributed by atoms with Crippen molar-refractivity contribution < 1.29 is 9.13 Å². The molecule has 0 amide bonds. The van der Waals surface area contributed by atoms with Crippen molar-refractivity contribution in [3.8, 4) is 23.1 Å². The lowest BCUT2D eigenvalue weighted by Gasteiger charge is -2.08. The molecule has 1 aromatic heterocycles. The Morgan fingerprint density at radius 3 is 2.74 bits per heavy atom. The van der Waals surface area contributed by atoms with Crippen LogP contribution in [-0.4, -0.2) is 16.2 Å². The third-order valence-electron chi connectivity index (χ3n) is 4.73. The van der Waals surface area contributed by atoms with Gasteiger partial charge in [0, 0.05) is 11.1 Å². The first kappa shape index (κ1) is 22.7. The minimum atomic E-state index is -0.566. The molecule has 0 saturated carbocycles. The van der Waals surface area contributed by atoms with Crippen molar-refractivity contribution in [3.63, 3.8) is 0 Å². The van der Waals surface area contributed by atoms with Crippen LogP contribution in [-0.2, 0) is 6.61 Å². The van der Waals surface area contributed by atoms with Gasteiger partial charge in [-0.15, -0.1) is 0 Å². The Morgan fingerprint density at radius 1 is 1.15 bits per heavy atom. The van der Waals surface area contributed by atoms with Gasteiger partial charge in [0.1, 0.15) is 29.8 Å². The molecule has 1 heterocycles. The number of nitrogens with one attached hydrogen (secondary N) is 2. The highest BCUT2D eigenvalue weighted by atomic mass is 35.5. The number of aromatic amines is 1. The molecule has 4 rings (SSSR count). The number of nitrogens with zero attached hydrogens (tertiary/aromatic N) is 3. The van der Waals surface area contributed by atoms with E-state index in [2.05, 4.69) is 20.5 Å². The van der Waals surface area contributed by atoms with Crippen molar-refractivity contribution in [2.75, 3.05) is 5.43 Å². The highest BCUT2D eigenvalue weighted by molar-refractivity contribution is 6.31. The summed E-state index contributed by atoms with van der Waals surface area (Å²) in [6.45, 7) is 0.177. The van der Waals surface area contributed by atoms with Crippen molar-refractivity contribution in [1.29, 1.82) is 5.26 Å². The van der Waals surface area contributed by atoms with Crippen LogP contribution in [0, 0.1) is 17.1 Å². The lowest BCUT2D eigenvalue weighted by atomic mass is 10.1. The molecule has 4 aromatic rings. The van der Waals surface area contributed by atoms with E-state index in [4.69, 9.17) is 16.3 Å². The number of benzene rings is 3. The van der Waals surface area contributed by atoms with Gasteiger partial charge in [-0.25, -0.2) is 14.8 Å². The van der Waals surface area contributed by atoms with E-state index in [9.17, 15) is 14.4 Å². The van der Waals surface area contributed by atoms with Crippen LogP contribution in [0.5, 0.6) is 5.75 Å². The molecule has 3 aromatic carbocycles. The molecule has 9 heteroatoms. The van der Waals surface area contributed by atoms with Crippen molar-refractivity contribution in [2.45, 2.75) is 6.61 Å². The minimum Gasteiger partial charge on any atom is -0.489 e. The predicted octanol–water partition coefficient (Wildman–Crippen LogP) is 5.13. The zero-order chi connectivity index (χ0) is 23.9. The van der Waals surface area contributed by atoms with Gasteiger partial charge in [0.25, 0.3) is 5.56 Å². The van der Waals surface area contributed by atoms with Crippen LogP contribution in [0.25, 0.3) is 11.3 Å². The number of anilines is 1. The summed E-state index contributed by atoms with van der Waals surface area (Å²) in [5.74, 6) is 0.256. The van der Waals surface area contributed by atoms with E-state index < -0.39 is 11.4 Å². The SMILES string of the molecule is N#Cc1c(-c2ccccc2)nc(NN=Cc2cccc(OCc3ccc(F)cc3Cl)c2)[nH]c1=O. The van der Waals surface area contributed by atoms with Crippen molar-refractivity contribution in [3.05, 3.63) is 111 Å². The number of rotatable bonds is 7. The maximum atomic E-state index is 13.2. The molecule has 2 N–H and O–H groups in total. The van der Waals surface area contributed by atoms with E-state index in [-0.39, 0.29) is 23.8 Å². The molecule has 0 aliphatic carbocycles. The van der Waals surface area contributed by atoms with Crippen molar-refractivity contribution in [2.24, 2.45) is 5.10 Å². The predicted molar refractivity (Wildman–Crippen MR) is 128 cm³/mol. The highest BCUT2D eigenvalue weighted by Crippen LogP contribution is 2.21. The monoisotopic (exact) mass is 473 g/mol. The molecule has 0 spiro atoms. The molecule has 0 radical (unpaired) electrons. The number of nitriles is 1. The van der Waals surface area contributed by atoms with Gasteiger partial charge in [-0.1, -0.05) is 60.1 Å². The Balaban J connectivity index is 1.47. The molecule has 0 saturated heterocycles. The minimum absolute atomic E-state index is 0.0770. The van der Waals surface area contributed by atoms with Crippen LogP contribution in [0.2, 0.25) is 5.02 Å². The van der Waals surface area contributed by atoms with Gasteiger partial charge in [0.2, 0.25) is 5.95 Å². The maximum absolute atomic E-state index is 13.2. The van der Waals surface area contributed by atoms with Crippen LogP contribution < -0.4 is 15.7 Å². The fourth-order valence-electron chi connectivity index (χ4n) is 3.09. The van der Waals surface area contributed by atoms with Gasteiger partial charge in [0.05, 0.1) is 16.9 Å². The molecular formula is C25H17ClFN5O2. The Hall–Kier alpha value is -4.48. The largest absolute Gasteiger partial charge is 0.489 e. The number of hydrogen-bond donors (Lipinski definition) is 2. The lowest BCUT2D eigenvalue weighted by Crippen LogP contribution is -2.16. The smallest absolute Gasteiger partial charge is 0.270 e. The Labute approximate surface area is 199 Å². The quantitative estimate of drug-likeness (QED) is 0.286. The van der Waals surface area contributed by atoms with Crippen LogP contribution in [0.4, 0.5) is 10.3 Å². The second-order valence-electron chi connectivity index (χ2n) is 7.08. The normalized spacial score (nSPS) is 10.7. The van der Waals surface area contributed by atoms with E-state index in [0.717, 1.165) is 5.56 Å². The number of ether oxygens (including phenoxy) is 1. The summed E-state index contributed by atoms with van der Waals surface area (Å²) in [5, 5.41) is 13.8. The summed E-state index contributed by atoms with van der Waals surface area (Å²) >= 11 is 6.04. The fourth-order valence-corrected chi connectivity index (χ4v) is 3.31. The zero-order valence-electron chi connectivity index (χ0n) is 17.6. The maximum Gasteiger partial charge on any atom is 0.270 e. The summed E-state index contributed by atoms with van der Waals surface area (Å²) in [4.78, 5) is 19.2. The third kappa shape index (κ3) is 5.46. The number of H-pyrrole nitrogens is 1. The van der Waals surface area contributed by atoms with Crippen LogP contribution in [0.3, 0.4) is 0 Å². The lowest BCUT2D eigenvalue weighted by molar-refractivity contribution is 0.306. The molecule has 0 atom stereocenters. The second kappa shape index (κ2) is 10.4. The highest BCUT2D eigenvalue weighted by Gasteiger charge is 2.12. The second-order valence-corrected chi connectivity index (χ2v) is 7.49. The summed E-state index contributed by atoms with van der Waals surface area (Å²) in [6, 6.07) is 22.1. The van der Waals surface area contributed by atoms with Gasteiger partial charge in [-0.2, -0.15) is 10.4 Å². The van der Waals surface area contributed by atoms with Crippen LogP contribution in [0.15, 0.2) is 82.7 Å². The van der Waals surface area contributed by atoms with E-state index in [1.807, 2.05) is 18.2 Å². The van der Waals surface area contributed by atoms with Crippen molar-refractivity contribution in [1.82, 2.24) is 9.97 Å². The molecule has 168 valence electrons. The summed E-state index contributed by atoms with van der Waals surface area (Å²) < 4.78 is 18.9. The molecular weight excluding hydrogens is 457 g/mol. The van der Waals surface area contributed by atoms with E-state index in [0.29, 0.717) is 21.9 Å². The number of aromatic nitrogens is 2. The van der Waals surface area contributed by atoms with Gasteiger partial charge in [-0.3, -0.25) is 9.78 Å². The van der Waals surface area contributed by atoms with Gasteiger partial charge in [0.15, 0.2) is 0 Å². The molecule has 0 aliphatic rings. The third-order valence-corrected chi connectivity index (χ3v) is 5.08. The first-order chi connectivity index (χ1) is 16.5. The van der Waals surface area contributed by atoms with E-state index in [1.54, 1.807) is 48.5 Å². The first-order valence-electron chi connectivity index (χ1n) is 10.1. The summed E-state index contributed by atoms with van der Waals surface area (Å²) in [6.07, 6.45) is 1.53. The molecule has 0 bridgehead atoms. The van der Waals surface area contributed by atoms with Gasteiger partial charge < -0.3 is 4.74 Å². The van der Waals surface area contributed by atoms with Crippen LogP contribution >= 0.6 is 11.6 Å². The fraction of sp³-hybridized carbons (Fsp3) is 0.0400. The van der Waals surface area contributed by atoms with E-state index in [1.165, 1.54) is 18.3 Å². The Morgan fingerprint density at radius 2 is 1.97 bits per heavy atom. The van der Waals surface area contributed by atoms with Crippen LogP contribution in [0.1, 0.15) is 16.7 Å². The van der Waals surface area contributed by atoms with Crippen molar-refractivity contribution >= 4 is 23.8 Å². The number of halogens is 2. The average molecular weight is 474 g/mol. The molecule has 34 heavy (non-hydrogen) atoms. The van der Waals surface area contributed by atoms with Gasteiger partial charge in [-0.05, 0) is 29.8 Å². The van der Waals surface area contributed by atoms with Gasteiger partial charge >= 0.3 is 0 Å². The Bertz CT molecular complexity index is 1450. The molecule has 0 fully saturated rings. The molecule has 0 unspecified atom stereocenters. The zero-order valence-corrected chi connectivity index (χ0v) is 18.4. The standard InChI is InChI=1S/C25H17ClFN5O2/c26-22-12-19(27)10-9-18(22)15-34-20-8-4-5-16(11-20)14-29-32-25-30-23(17-6-2-1-3-7-17)21(13-28)24(33)31-25/h1-12,14H,15H2,(H2,30,31,32,33). The van der Waals surface area contributed by atoms with E-state index >= 15 is 0 Å². The molecule has 0 aliphatic heterocycles. The summed E-state index contributed by atoms with van der Waals surface area (Å²) in [5.41, 5.74) is 4.33. The average Bonchev–Trinajstić information content (AvgIpc) is 2.84. The first-order valence-corrected chi connectivity index (χ1v) is 10.5. The summed E-state index contributed by atoms with van der Waals surface area (Å²) in [7, 11) is 0.